The minimum Gasteiger partial charge on any atom is -0.508 e. The second-order valence-electron chi connectivity index (χ2n) is 9.80. The van der Waals surface area contributed by atoms with Crippen LogP contribution in [-0.2, 0) is 23.1 Å². The van der Waals surface area contributed by atoms with E-state index in [1.54, 1.807) is 31.2 Å². The van der Waals surface area contributed by atoms with Crippen molar-refractivity contribution >= 4 is 15.9 Å². The van der Waals surface area contributed by atoms with Gasteiger partial charge in [0.2, 0.25) is 10.0 Å². The number of nitrogens with zero attached hydrogens (tertiary/aromatic N) is 1. The number of benzene rings is 3. The van der Waals surface area contributed by atoms with Crippen LogP contribution in [0.2, 0.25) is 0 Å². The highest BCUT2D eigenvalue weighted by Gasteiger charge is 2.31. The highest BCUT2D eigenvalue weighted by molar-refractivity contribution is 7.89. The molecule has 0 bridgehead atoms. The predicted octanol–water partition coefficient (Wildman–Crippen LogP) is 3.24. The lowest BCUT2D eigenvalue weighted by Crippen LogP contribution is -2.51. The van der Waals surface area contributed by atoms with Gasteiger partial charge >= 0.3 is 0 Å². The molecule has 9 heteroatoms. The maximum atomic E-state index is 13.5. The van der Waals surface area contributed by atoms with Crippen molar-refractivity contribution in [1.82, 2.24) is 9.62 Å². The average Bonchev–Trinajstić information content (AvgIpc) is 2.89. The van der Waals surface area contributed by atoms with Crippen molar-refractivity contribution in [1.29, 1.82) is 0 Å². The van der Waals surface area contributed by atoms with E-state index in [1.807, 2.05) is 44.2 Å². The summed E-state index contributed by atoms with van der Waals surface area (Å²) in [6, 6.07) is 19.1. The van der Waals surface area contributed by atoms with Gasteiger partial charge in [-0.2, -0.15) is 4.31 Å². The molecule has 8 nitrogen and oxygen atoms in total. The first kappa shape index (κ1) is 29.3. The molecule has 3 aromatic carbocycles. The molecule has 2 atom stereocenters. The molecule has 0 heterocycles. The lowest BCUT2D eigenvalue weighted by atomic mass is 9.99. The number of phenolic OH excluding ortho intramolecular Hbond substituents is 1. The zero-order valence-corrected chi connectivity index (χ0v) is 22.7. The fraction of sp³-hybridized carbons (Fsp3) is 0.345. The Labute approximate surface area is 224 Å². The van der Waals surface area contributed by atoms with Crippen LogP contribution in [-0.4, -0.2) is 59.2 Å². The highest BCUT2D eigenvalue weighted by Crippen LogP contribution is 2.22. The number of carbonyl (C=O) groups excluding carboxylic acids is 1. The molecule has 0 aromatic heterocycles. The highest BCUT2D eigenvalue weighted by atomic mass is 32.2. The summed E-state index contributed by atoms with van der Waals surface area (Å²) in [6.45, 7) is 5.13. The molecule has 0 saturated carbocycles. The number of rotatable bonds is 12. The van der Waals surface area contributed by atoms with Crippen LogP contribution in [0.1, 0.15) is 40.9 Å². The number of hydrogen-bond donors (Lipinski definition) is 4. The van der Waals surface area contributed by atoms with Gasteiger partial charge in [0.1, 0.15) is 5.75 Å². The van der Waals surface area contributed by atoms with Gasteiger partial charge < -0.3 is 20.6 Å². The molecule has 38 heavy (non-hydrogen) atoms. The summed E-state index contributed by atoms with van der Waals surface area (Å²) < 4.78 is 28.3. The first-order valence-corrected chi connectivity index (χ1v) is 14.0. The van der Waals surface area contributed by atoms with Gasteiger partial charge in [0.05, 0.1) is 23.6 Å². The molecule has 4 N–H and O–H groups in total. The van der Waals surface area contributed by atoms with Gasteiger partial charge in [-0.3, -0.25) is 4.79 Å². The predicted molar refractivity (Wildman–Crippen MR) is 146 cm³/mol. The SMILES string of the molecule is Cc1c(O)cccc1C(=O)N[C@@H](Cc1ccccc1)[C@H](O)CN(CC(C)C)S(=O)(=O)c1ccc(CO)cc1. The van der Waals surface area contributed by atoms with E-state index in [4.69, 9.17) is 0 Å². The Balaban J connectivity index is 1.91. The molecule has 1 amide bonds. The van der Waals surface area contributed by atoms with Crippen molar-refractivity contribution in [3.8, 4) is 5.75 Å². The number of phenols is 1. The minimum atomic E-state index is -3.97. The molecule has 0 radical (unpaired) electrons. The standard InChI is InChI=1S/C29H36N2O6S/c1-20(2)17-31(38(36,37)24-14-12-23(19-32)13-15-24)18-28(34)26(16-22-8-5-4-6-9-22)30-29(35)25-10-7-11-27(33)21(25)3/h4-15,20,26,28,32-34H,16-19H2,1-3H3,(H,30,35)/t26-,28+/m0/s1. The molecule has 0 saturated heterocycles. The quantitative estimate of drug-likeness (QED) is 0.279. The van der Waals surface area contributed by atoms with Crippen molar-refractivity contribution in [2.24, 2.45) is 5.92 Å². The van der Waals surface area contributed by atoms with Crippen LogP contribution in [0.5, 0.6) is 5.75 Å². The molecule has 3 rings (SSSR count). The summed E-state index contributed by atoms with van der Waals surface area (Å²) in [6.07, 6.45) is -0.964. The molecular formula is C29H36N2O6S. The summed E-state index contributed by atoms with van der Waals surface area (Å²) in [5, 5.41) is 33.6. The first-order chi connectivity index (χ1) is 18.0. The van der Waals surface area contributed by atoms with E-state index in [0.29, 0.717) is 11.1 Å². The maximum Gasteiger partial charge on any atom is 0.252 e. The Morgan fingerprint density at radius 2 is 1.58 bits per heavy atom. The van der Waals surface area contributed by atoms with Crippen molar-refractivity contribution < 1.29 is 28.5 Å². The molecule has 0 aliphatic heterocycles. The van der Waals surface area contributed by atoms with Crippen molar-refractivity contribution in [3.63, 3.8) is 0 Å². The van der Waals surface area contributed by atoms with Crippen molar-refractivity contribution in [2.75, 3.05) is 13.1 Å². The van der Waals surface area contributed by atoms with Gasteiger partial charge in [-0.1, -0.05) is 62.4 Å². The Morgan fingerprint density at radius 1 is 0.921 bits per heavy atom. The van der Waals surface area contributed by atoms with E-state index in [9.17, 15) is 28.5 Å². The molecular weight excluding hydrogens is 504 g/mol. The first-order valence-electron chi connectivity index (χ1n) is 12.5. The third-order valence-corrected chi connectivity index (χ3v) is 8.18. The maximum absolute atomic E-state index is 13.5. The van der Waals surface area contributed by atoms with E-state index < -0.39 is 28.1 Å². The number of aliphatic hydroxyl groups excluding tert-OH is 2. The second-order valence-corrected chi connectivity index (χ2v) is 11.7. The van der Waals surface area contributed by atoms with E-state index in [-0.39, 0.29) is 48.2 Å². The molecule has 0 aliphatic rings. The Morgan fingerprint density at radius 3 is 2.18 bits per heavy atom. The molecule has 204 valence electrons. The molecule has 0 aliphatic carbocycles. The normalized spacial score (nSPS) is 13.4. The number of aliphatic hydroxyl groups is 2. The fourth-order valence-electron chi connectivity index (χ4n) is 4.20. The fourth-order valence-corrected chi connectivity index (χ4v) is 5.82. The summed E-state index contributed by atoms with van der Waals surface area (Å²) in [5.41, 5.74) is 2.13. The zero-order chi connectivity index (χ0) is 27.9. The summed E-state index contributed by atoms with van der Waals surface area (Å²) in [7, 11) is -3.97. The lowest BCUT2D eigenvalue weighted by Gasteiger charge is -2.31. The van der Waals surface area contributed by atoms with Crippen molar-refractivity contribution in [3.05, 3.63) is 95.1 Å². The topological polar surface area (TPSA) is 127 Å². The number of carbonyl (C=O) groups is 1. The van der Waals surface area contributed by atoms with Gasteiger partial charge in [0, 0.05) is 24.2 Å². The smallest absolute Gasteiger partial charge is 0.252 e. The van der Waals surface area contributed by atoms with E-state index in [0.717, 1.165) is 5.56 Å². The Kier molecular flexibility index (Phi) is 10.0. The van der Waals surface area contributed by atoms with Gasteiger partial charge in [-0.15, -0.1) is 0 Å². The van der Waals surface area contributed by atoms with Crippen molar-refractivity contribution in [2.45, 2.75) is 50.8 Å². The summed E-state index contributed by atoms with van der Waals surface area (Å²) >= 11 is 0. The average molecular weight is 541 g/mol. The van der Waals surface area contributed by atoms with Crippen LogP contribution in [0.15, 0.2) is 77.7 Å². The largest absolute Gasteiger partial charge is 0.508 e. The lowest BCUT2D eigenvalue weighted by molar-refractivity contribution is 0.0775. The monoisotopic (exact) mass is 540 g/mol. The molecule has 3 aromatic rings. The summed E-state index contributed by atoms with van der Waals surface area (Å²) in [4.78, 5) is 13.2. The van der Waals surface area contributed by atoms with Crippen LogP contribution >= 0.6 is 0 Å². The Bertz CT molecular complexity index is 1310. The minimum absolute atomic E-state index is 0.0146. The Hall–Kier alpha value is -3.24. The number of amides is 1. The van der Waals surface area contributed by atoms with Gasteiger partial charge in [-0.25, -0.2) is 8.42 Å². The number of hydrogen-bond acceptors (Lipinski definition) is 6. The second kappa shape index (κ2) is 13.0. The third-order valence-electron chi connectivity index (χ3n) is 6.33. The van der Waals surface area contributed by atoms with Gasteiger partial charge in [0.15, 0.2) is 0 Å². The number of nitrogens with one attached hydrogen (secondary N) is 1. The molecule has 0 unspecified atom stereocenters. The summed E-state index contributed by atoms with van der Waals surface area (Å²) in [5.74, 6) is -0.513. The van der Waals surface area contributed by atoms with Crippen LogP contribution in [0, 0.1) is 12.8 Å². The van der Waals surface area contributed by atoms with E-state index in [2.05, 4.69) is 5.32 Å². The molecule has 0 fully saturated rings. The van der Waals surface area contributed by atoms with Crippen LogP contribution < -0.4 is 5.32 Å². The van der Waals surface area contributed by atoms with Gasteiger partial charge in [0.25, 0.3) is 5.91 Å². The third kappa shape index (κ3) is 7.41. The number of sulfonamides is 1. The number of aromatic hydroxyl groups is 1. The van der Waals surface area contributed by atoms with Crippen LogP contribution in [0.25, 0.3) is 0 Å². The molecule has 0 spiro atoms. The van der Waals surface area contributed by atoms with Crippen LogP contribution in [0.4, 0.5) is 0 Å². The van der Waals surface area contributed by atoms with E-state index >= 15 is 0 Å². The zero-order valence-electron chi connectivity index (χ0n) is 21.9. The van der Waals surface area contributed by atoms with Crippen LogP contribution in [0.3, 0.4) is 0 Å². The van der Waals surface area contributed by atoms with Gasteiger partial charge in [-0.05, 0) is 54.7 Å². The van der Waals surface area contributed by atoms with E-state index in [1.165, 1.54) is 22.5 Å².